The Hall–Kier alpha value is -2.42. The fourth-order valence-corrected chi connectivity index (χ4v) is 4.49. The van der Waals surface area contributed by atoms with Crippen LogP contribution in [0, 0.1) is 0 Å². The zero-order valence-electron chi connectivity index (χ0n) is 17.1. The van der Waals surface area contributed by atoms with Gasteiger partial charge in [-0.1, -0.05) is 48.0 Å². The molecule has 0 aliphatic heterocycles. The normalized spacial score (nSPS) is 12.6. The van der Waals surface area contributed by atoms with Crippen molar-refractivity contribution < 1.29 is 18.7 Å². The Balaban J connectivity index is 1.93. The summed E-state index contributed by atoms with van der Waals surface area (Å²) in [5, 5.41) is 2.92. The number of nitrogens with zero attached hydrogens (tertiary/aromatic N) is 1. The minimum atomic E-state index is -2.00. The highest BCUT2D eigenvalue weighted by Crippen LogP contribution is 2.36. The highest BCUT2D eigenvalue weighted by Gasteiger charge is 2.36. The van der Waals surface area contributed by atoms with Gasteiger partial charge in [0.15, 0.2) is 0 Å². The number of benzene rings is 2. The molecular formula is C23H21BrClFN2O3S. The van der Waals surface area contributed by atoms with Crippen LogP contribution in [0.4, 0.5) is 10.1 Å². The molecule has 0 aliphatic carbocycles. The van der Waals surface area contributed by atoms with Crippen LogP contribution in [0.25, 0.3) is 0 Å². The Kier molecular flexibility index (Phi) is 8.67. The molecule has 2 atom stereocenters. The monoisotopic (exact) mass is 538 g/mol. The number of methoxy groups -OCH3 is 1. The van der Waals surface area contributed by atoms with Gasteiger partial charge in [-0.05, 0) is 57.6 Å². The van der Waals surface area contributed by atoms with Gasteiger partial charge in [-0.25, -0.2) is 4.39 Å². The lowest BCUT2D eigenvalue weighted by atomic mass is 10.1. The van der Waals surface area contributed by atoms with Crippen LogP contribution in [0.1, 0.15) is 16.5 Å². The summed E-state index contributed by atoms with van der Waals surface area (Å²) in [6, 6.07) is 16.8. The first kappa shape index (κ1) is 24.2. The highest BCUT2D eigenvalue weighted by molar-refractivity contribution is 9.09. The number of anilines is 1. The zero-order chi connectivity index (χ0) is 23.1. The molecule has 0 aliphatic rings. The molecule has 0 fully saturated rings. The second-order valence-corrected chi connectivity index (χ2v) is 8.96. The van der Waals surface area contributed by atoms with Gasteiger partial charge in [0.2, 0.25) is 11.0 Å². The van der Waals surface area contributed by atoms with Gasteiger partial charge >= 0.3 is 0 Å². The predicted octanol–water partition coefficient (Wildman–Crippen LogP) is 5.53. The van der Waals surface area contributed by atoms with Crippen molar-refractivity contribution in [2.75, 3.05) is 18.6 Å². The molecule has 1 N–H and O–H groups in total. The van der Waals surface area contributed by atoms with Gasteiger partial charge in [0.1, 0.15) is 11.8 Å². The van der Waals surface area contributed by atoms with Crippen molar-refractivity contribution >= 4 is 56.4 Å². The van der Waals surface area contributed by atoms with Crippen LogP contribution in [0.2, 0.25) is 5.02 Å². The quantitative estimate of drug-likeness (QED) is 0.364. The number of hydrogen-bond acceptors (Lipinski definition) is 4. The molecule has 1 aromatic heterocycles. The van der Waals surface area contributed by atoms with Crippen LogP contribution in [0.3, 0.4) is 0 Å². The maximum atomic E-state index is 14.2. The van der Waals surface area contributed by atoms with E-state index in [9.17, 15) is 14.0 Å². The molecule has 0 radical (unpaired) electrons. The first-order valence-corrected chi connectivity index (χ1v) is 11.9. The largest absolute Gasteiger partial charge is 0.495 e. The van der Waals surface area contributed by atoms with E-state index in [0.29, 0.717) is 23.6 Å². The molecule has 0 spiro atoms. The van der Waals surface area contributed by atoms with Crippen LogP contribution >= 0.6 is 38.9 Å². The van der Waals surface area contributed by atoms with E-state index in [1.54, 1.807) is 29.6 Å². The van der Waals surface area contributed by atoms with E-state index in [-0.39, 0.29) is 10.7 Å². The van der Waals surface area contributed by atoms with Gasteiger partial charge in [-0.15, -0.1) is 11.3 Å². The smallest absolute Gasteiger partial charge is 0.273 e. The average Bonchev–Trinajstić information content (AvgIpc) is 3.31. The molecule has 0 saturated carbocycles. The summed E-state index contributed by atoms with van der Waals surface area (Å²) in [6.45, 7) is 0.365. The Morgan fingerprint density at radius 3 is 2.53 bits per heavy atom. The van der Waals surface area contributed by atoms with E-state index in [2.05, 4.69) is 21.2 Å². The Morgan fingerprint density at radius 2 is 1.94 bits per heavy atom. The molecule has 3 aromatic rings. The number of thiophene rings is 1. The van der Waals surface area contributed by atoms with E-state index in [0.717, 1.165) is 10.5 Å². The van der Waals surface area contributed by atoms with Gasteiger partial charge in [0, 0.05) is 17.1 Å². The van der Waals surface area contributed by atoms with Crippen molar-refractivity contribution in [3.05, 3.63) is 81.5 Å². The van der Waals surface area contributed by atoms with Crippen molar-refractivity contribution in [1.82, 2.24) is 5.32 Å². The summed E-state index contributed by atoms with van der Waals surface area (Å²) in [6.07, 6.45) is 0.621. The maximum absolute atomic E-state index is 14.2. The van der Waals surface area contributed by atoms with E-state index in [4.69, 9.17) is 16.3 Å². The molecule has 168 valence electrons. The third-order valence-corrected chi connectivity index (χ3v) is 6.32. The van der Waals surface area contributed by atoms with E-state index >= 15 is 0 Å². The predicted molar refractivity (Wildman–Crippen MR) is 130 cm³/mol. The number of nitrogens with one attached hydrogen (secondary N) is 1. The minimum Gasteiger partial charge on any atom is -0.495 e. The number of amides is 2. The number of halogens is 3. The summed E-state index contributed by atoms with van der Waals surface area (Å²) >= 11 is 10.3. The SMILES string of the molecule is COc1ccc(N(C(=O)C(F)Br)C(C(=O)NCCc2ccccc2)c2cccs2)cc1Cl. The molecule has 0 saturated heterocycles. The standard InChI is InChI=1S/C23H21BrClFN2O3S/c1-31-18-10-9-16(14-17(18)25)28(23(30)21(24)26)20(19-8-5-13-32-19)22(29)27-12-11-15-6-3-2-4-7-15/h2-10,13-14,20-21H,11-12H2,1H3,(H,27,29). The van der Waals surface area contributed by atoms with E-state index in [1.165, 1.54) is 24.5 Å². The Labute approximate surface area is 203 Å². The van der Waals surface area contributed by atoms with Crippen LogP contribution in [0.5, 0.6) is 5.75 Å². The fraction of sp³-hybridized carbons (Fsp3) is 0.217. The molecule has 9 heteroatoms. The van der Waals surface area contributed by atoms with Crippen LogP contribution < -0.4 is 15.0 Å². The van der Waals surface area contributed by atoms with E-state index < -0.39 is 22.9 Å². The van der Waals surface area contributed by atoms with Crippen molar-refractivity contribution in [1.29, 1.82) is 0 Å². The number of carbonyl (C=O) groups excluding carboxylic acids is 2. The van der Waals surface area contributed by atoms with Crippen LogP contribution in [-0.2, 0) is 16.0 Å². The molecule has 0 bridgehead atoms. The van der Waals surface area contributed by atoms with Gasteiger partial charge in [0.25, 0.3) is 5.91 Å². The third-order valence-electron chi connectivity index (χ3n) is 4.71. The Bertz CT molecular complexity index is 1050. The molecule has 2 aromatic carbocycles. The molecule has 32 heavy (non-hydrogen) atoms. The Morgan fingerprint density at radius 1 is 1.19 bits per heavy atom. The fourth-order valence-electron chi connectivity index (χ4n) is 3.21. The number of rotatable bonds is 9. The number of hydrogen-bond donors (Lipinski definition) is 1. The first-order chi connectivity index (χ1) is 15.4. The lowest BCUT2D eigenvalue weighted by Gasteiger charge is -2.31. The molecule has 3 rings (SSSR count). The van der Waals surface area contributed by atoms with Gasteiger partial charge < -0.3 is 10.1 Å². The number of carbonyl (C=O) groups is 2. The molecular weight excluding hydrogens is 519 g/mol. The summed E-state index contributed by atoms with van der Waals surface area (Å²) in [5.74, 6) is -0.932. The molecule has 2 unspecified atom stereocenters. The topological polar surface area (TPSA) is 58.6 Å². The number of alkyl halides is 2. The summed E-state index contributed by atoms with van der Waals surface area (Å²) in [5.41, 5.74) is 1.35. The van der Waals surface area contributed by atoms with Crippen molar-refractivity contribution in [3.63, 3.8) is 0 Å². The third kappa shape index (κ3) is 5.88. The van der Waals surface area contributed by atoms with Gasteiger partial charge in [0.05, 0.1) is 12.1 Å². The molecule has 1 heterocycles. The van der Waals surface area contributed by atoms with Crippen molar-refractivity contribution in [2.45, 2.75) is 17.5 Å². The first-order valence-electron chi connectivity index (χ1n) is 9.72. The van der Waals surface area contributed by atoms with Crippen molar-refractivity contribution in [3.8, 4) is 5.75 Å². The highest BCUT2D eigenvalue weighted by atomic mass is 79.9. The summed E-state index contributed by atoms with van der Waals surface area (Å²) < 4.78 is 19.3. The minimum absolute atomic E-state index is 0.238. The lowest BCUT2D eigenvalue weighted by Crippen LogP contribution is -2.46. The second-order valence-electron chi connectivity index (χ2n) is 6.77. The lowest BCUT2D eigenvalue weighted by molar-refractivity contribution is -0.127. The summed E-state index contributed by atoms with van der Waals surface area (Å²) in [4.78, 5) is 27.9. The number of ether oxygens (including phenoxy) is 1. The average molecular weight is 540 g/mol. The van der Waals surface area contributed by atoms with Crippen LogP contribution in [-0.4, -0.2) is 30.5 Å². The van der Waals surface area contributed by atoms with Crippen molar-refractivity contribution in [2.24, 2.45) is 0 Å². The maximum Gasteiger partial charge on any atom is 0.273 e. The molecule has 5 nitrogen and oxygen atoms in total. The summed E-state index contributed by atoms with van der Waals surface area (Å²) in [7, 11) is 1.47. The van der Waals surface area contributed by atoms with Gasteiger partial charge in [-0.3, -0.25) is 14.5 Å². The molecule has 2 amide bonds. The second kappa shape index (κ2) is 11.4. The van der Waals surface area contributed by atoms with Gasteiger partial charge in [-0.2, -0.15) is 0 Å². The zero-order valence-corrected chi connectivity index (χ0v) is 20.3. The van der Waals surface area contributed by atoms with Crippen LogP contribution in [0.15, 0.2) is 66.0 Å². The van der Waals surface area contributed by atoms with E-state index in [1.807, 2.05) is 30.3 Å².